The molecule has 0 bridgehead atoms. The van der Waals surface area contributed by atoms with E-state index in [1.165, 1.54) is 12.1 Å². The molecule has 0 saturated carbocycles. The summed E-state index contributed by atoms with van der Waals surface area (Å²) < 4.78 is 24.8. The molecule has 6 heteroatoms. The van der Waals surface area contributed by atoms with E-state index in [1.54, 1.807) is 12.1 Å². The Hall–Kier alpha value is -2.53. The predicted octanol–water partition coefficient (Wildman–Crippen LogP) is 4.81. The average molecular weight is 374 g/mol. The van der Waals surface area contributed by atoms with Crippen LogP contribution < -0.4 is 15.3 Å². The third kappa shape index (κ3) is 2.72. The van der Waals surface area contributed by atoms with Gasteiger partial charge in [-0.1, -0.05) is 18.5 Å². The van der Waals surface area contributed by atoms with Crippen molar-refractivity contribution in [2.45, 2.75) is 26.8 Å². The Bertz CT molecular complexity index is 1080. The molecule has 0 spiro atoms. The zero-order valence-electron chi connectivity index (χ0n) is 14.4. The summed E-state index contributed by atoms with van der Waals surface area (Å²) in [5.74, 6) is 0.288. The number of hydrogen-bond acceptors (Lipinski definition) is 4. The van der Waals surface area contributed by atoms with Crippen molar-refractivity contribution < 1.29 is 13.5 Å². The normalized spacial score (nSPS) is 13.6. The number of hydrogen-bond donors (Lipinski definition) is 0. The Morgan fingerprint density at radius 1 is 1.27 bits per heavy atom. The Kier molecular flexibility index (Phi) is 4.11. The number of benzene rings is 2. The average Bonchev–Trinajstić information content (AvgIpc) is 2.64. The van der Waals surface area contributed by atoms with Gasteiger partial charge < -0.3 is 14.1 Å². The highest BCUT2D eigenvalue weighted by Crippen LogP contribution is 2.37. The Morgan fingerprint density at radius 3 is 2.81 bits per heavy atom. The second kappa shape index (κ2) is 6.32. The smallest absolute Gasteiger partial charge is 0.336 e. The van der Waals surface area contributed by atoms with Crippen LogP contribution in [0.2, 0.25) is 5.02 Å². The number of aryl methyl sites for hydroxylation is 2. The quantitative estimate of drug-likeness (QED) is 0.604. The minimum atomic E-state index is -0.446. The summed E-state index contributed by atoms with van der Waals surface area (Å²) in [6, 6.07) is 8.17. The second-order valence-corrected chi connectivity index (χ2v) is 6.79. The third-order valence-corrected chi connectivity index (χ3v) is 5.04. The Labute approximate surface area is 154 Å². The minimum absolute atomic E-state index is 0.0815. The number of nitrogens with zero attached hydrogens (tertiary/aromatic N) is 1. The number of halogens is 2. The highest BCUT2D eigenvalue weighted by atomic mass is 35.5. The largest absolute Gasteiger partial charge is 0.472 e. The van der Waals surface area contributed by atoms with Crippen LogP contribution in [0.3, 0.4) is 0 Å². The standard InChI is InChI=1S/C20H17ClFNO3/c1-3-12-7-18(24)26-20-11(2)19-13(6-15(12)20)9-23(10-25-19)14-4-5-17(22)16(21)8-14/h4-8H,3,9-10H2,1-2H3. The van der Waals surface area contributed by atoms with Gasteiger partial charge in [-0.25, -0.2) is 9.18 Å². The van der Waals surface area contributed by atoms with Crippen LogP contribution >= 0.6 is 11.6 Å². The summed E-state index contributed by atoms with van der Waals surface area (Å²) >= 11 is 5.91. The number of rotatable bonds is 2. The van der Waals surface area contributed by atoms with E-state index >= 15 is 0 Å². The van der Waals surface area contributed by atoms with Gasteiger partial charge in [0, 0.05) is 34.8 Å². The van der Waals surface area contributed by atoms with Gasteiger partial charge in [0.15, 0.2) is 6.73 Å². The predicted molar refractivity (Wildman–Crippen MR) is 99.7 cm³/mol. The number of ether oxygens (including phenoxy) is 1. The van der Waals surface area contributed by atoms with E-state index in [2.05, 4.69) is 0 Å². The number of anilines is 1. The fourth-order valence-electron chi connectivity index (χ4n) is 3.42. The van der Waals surface area contributed by atoms with Crippen LogP contribution in [0.1, 0.15) is 23.6 Å². The molecule has 0 aliphatic carbocycles. The lowest BCUT2D eigenvalue weighted by Gasteiger charge is -2.32. The fraction of sp³-hybridized carbons (Fsp3) is 0.250. The molecule has 3 aromatic rings. The topological polar surface area (TPSA) is 42.7 Å². The maximum atomic E-state index is 13.4. The van der Waals surface area contributed by atoms with Gasteiger partial charge >= 0.3 is 5.63 Å². The summed E-state index contributed by atoms with van der Waals surface area (Å²) in [6.45, 7) is 4.80. The first-order valence-corrected chi connectivity index (χ1v) is 8.77. The highest BCUT2D eigenvalue weighted by Gasteiger charge is 2.23. The van der Waals surface area contributed by atoms with E-state index in [0.717, 1.165) is 39.9 Å². The van der Waals surface area contributed by atoms with Crippen molar-refractivity contribution in [2.24, 2.45) is 0 Å². The first-order valence-electron chi connectivity index (χ1n) is 8.40. The third-order valence-electron chi connectivity index (χ3n) is 4.75. The first kappa shape index (κ1) is 16.9. The molecule has 26 heavy (non-hydrogen) atoms. The molecule has 0 radical (unpaired) electrons. The van der Waals surface area contributed by atoms with Gasteiger partial charge in [-0.05, 0) is 43.2 Å². The summed E-state index contributed by atoms with van der Waals surface area (Å²) in [4.78, 5) is 13.8. The van der Waals surface area contributed by atoms with Gasteiger partial charge in [-0.3, -0.25) is 0 Å². The zero-order valence-corrected chi connectivity index (χ0v) is 15.2. The molecular formula is C20H17ClFNO3. The molecule has 1 aliphatic heterocycles. The maximum Gasteiger partial charge on any atom is 0.336 e. The molecule has 4 rings (SSSR count). The summed E-state index contributed by atoms with van der Waals surface area (Å²) in [6.07, 6.45) is 0.735. The summed E-state index contributed by atoms with van der Waals surface area (Å²) in [5, 5.41) is 1.00. The van der Waals surface area contributed by atoms with Crippen molar-refractivity contribution in [2.75, 3.05) is 11.6 Å². The van der Waals surface area contributed by atoms with Crippen LogP contribution in [0.25, 0.3) is 11.0 Å². The molecule has 0 saturated heterocycles. The molecule has 0 amide bonds. The summed E-state index contributed by atoms with van der Waals surface area (Å²) in [5.41, 5.74) is 3.77. The van der Waals surface area contributed by atoms with Crippen LogP contribution in [0.5, 0.6) is 5.75 Å². The van der Waals surface area contributed by atoms with E-state index in [1.807, 2.05) is 24.8 Å². The van der Waals surface area contributed by atoms with Gasteiger partial charge in [0.2, 0.25) is 0 Å². The molecule has 2 aromatic carbocycles. The van der Waals surface area contributed by atoms with Gasteiger partial charge in [-0.15, -0.1) is 0 Å². The van der Waals surface area contributed by atoms with E-state index in [0.29, 0.717) is 18.9 Å². The van der Waals surface area contributed by atoms with Crippen LogP contribution in [0.4, 0.5) is 10.1 Å². The Morgan fingerprint density at radius 2 is 2.08 bits per heavy atom. The maximum absolute atomic E-state index is 13.4. The first-order chi connectivity index (χ1) is 12.5. The number of fused-ring (bicyclic) bond motifs is 2. The monoisotopic (exact) mass is 373 g/mol. The zero-order chi connectivity index (χ0) is 18.4. The summed E-state index contributed by atoms with van der Waals surface area (Å²) in [7, 11) is 0. The van der Waals surface area contributed by atoms with Crippen molar-refractivity contribution in [3.63, 3.8) is 0 Å². The van der Waals surface area contributed by atoms with Crippen LogP contribution in [0, 0.1) is 12.7 Å². The van der Waals surface area contributed by atoms with E-state index in [4.69, 9.17) is 20.8 Å². The lowest BCUT2D eigenvalue weighted by Crippen LogP contribution is -2.32. The Balaban J connectivity index is 1.81. The van der Waals surface area contributed by atoms with Crippen LogP contribution in [-0.4, -0.2) is 6.73 Å². The molecule has 0 atom stereocenters. The van der Waals surface area contributed by atoms with Crippen molar-refractivity contribution in [1.82, 2.24) is 0 Å². The SMILES string of the molecule is CCc1cc(=O)oc2c(C)c3c(cc12)CN(c1ccc(F)c(Cl)c1)CO3. The lowest BCUT2D eigenvalue weighted by molar-refractivity contribution is 0.287. The van der Waals surface area contributed by atoms with Gasteiger partial charge in [-0.2, -0.15) is 0 Å². The molecule has 0 N–H and O–H groups in total. The van der Waals surface area contributed by atoms with Gasteiger partial charge in [0.05, 0.1) is 5.02 Å². The van der Waals surface area contributed by atoms with Crippen LogP contribution in [-0.2, 0) is 13.0 Å². The molecule has 134 valence electrons. The van der Waals surface area contributed by atoms with E-state index in [-0.39, 0.29) is 10.6 Å². The molecular weight excluding hydrogens is 357 g/mol. The second-order valence-electron chi connectivity index (χ2n) is 6.38. The van der Waals surface area contributed by atoms with Crippen molar-refractivity contribution in [3.8, 4) is 5.75 Å². The van der Waals surface area contributed by atoms with Crippen molar-refractivity contribution in [1.29, 1.82) is 0 Å². The van der Waals surface area contributed by atoms with Gasteiger partial charge in [0.1, 0.15) is 17.1 Å². The fourth-order valence-corrected chi connectivity index (χ4v) is 3.60. The van der Waals surface area contributed by atoms with Crippen molar-refractivity contribution in [3.05, 3.63) is 68.3 Å². The molecule has 0 fully saturated rings. The lowest BCUT2D eigenvalue weighted by atomic mass is 9.99. The molecule has 0 unspecified atom stereocenters. The highest BCUT2D eigenvalue weighted by molar-refractivity contribution is 6.31. The molecule has 2 heterocycles. The van der Waals surface area contributed by atoms with E-state index in [9.17, 15) is 9.18 Å². The molecule has 1 aliphatic rings. The van der Waals surface area contributed by atoms with Crippen LogP contribution in [0.15, 0.2) is 39.5 Å². The minimum Gasteiger partial charge on any atom is -0.472 e. The van der Waals surface area contributed by atoms with E-state index < -0.39 is 5.82 Å². The van der Waals surface area contributed by atoms with Crippen molar-refractivity contribution >= 4 is 28.3 Å². The molecule has 4 nitrogen and oxygen atoms in total. The van der Waals surface area contributed by atoms with Gasteiger partial charge in [0.25, 0.3) is 0 Å². The molecule has 1 aromatic heterocycles.